The molecule has 1 aromatic heterocycles. The molecule has 0 bridgehead atoms. The predicted octanol–water partition coefficient (Wildman–Crippen LogP) is 2.77. The number of benzene rings is 1. The lowest BCUT2D eigenvalue weighted by molar-refractivity contribution is 0.0690. The van der Waals surface area contributed by atoms with Crippen molar-refractivity contribution in [1.29, 1.82) is 0 Å². The molecule has 5 heteroatoms. The topological polar surface area (TPSA) is 68.7 Å². The largest absolute Gasteiger partial charge is 0.493 e. The van der Waals surface area contributed by atoms with E-state index in [2.05, 4.69) is 4.98 Å². The smallest absolute Gasteiger partial charge is 0.354 e. The Hall–Kier alpha value is -2.56. The average Bonchev–Trinajstić information content (AvgIpc) is 2.45. The maximum atomic E-state index is 11.1. The molecule has 0 atom stereocenters. The molecule has 0 spiro atoms. The van der Waals surface area contributed by atoms with Crippen LogP contribution in [0, 0.1) is 6.92 Å². The zero-order chi connectivity index (χ0) is 14.7. The van der Waals surface area contributed by atoms with Crippen LogP contribution in [0.1, 0.15) is 16.2 Å². The second kappa shape index (κ2) is 5.61. The van der Waals surface area contributed by atoms with Crippen molar-refractivity contribution in [1.82, 2.24) is 4.98 Å². The first-order chi connectivity index (χ1) is 9.55. The number of ether oxygens (including phenoxy) is 2. The number of pyridine rings is 1. The highest BCUT2D eigenvalue weighted by molar-refractivity contribution is 5.87. The van der Waals surface area contributed by atoms with E-state index in [1.54, 1.807) is 33.3 Å². The zero-order valence-corrected chi connectivity index (χ0v) is 11.5. The molecule has 1 aromatic carbocycles. The molecule has 2 aromatic rings. The van der Waals surface area contributed by atoms with Gasteiger partial charge in [0.1, 0.15) is 5.69 Å². The van der Waals surface area contributed by atoms with Gasteiger partial charge in [-0.05, 0) is 42.3 Å². The monoisotopic (exact) mass is 273 g/mol. The molecular formula is C15H15NO4. The van der Waals surface area contributed by atoms with E-state index in [4.69, 9.17) is 14.6 Å². The summed E-state index contributed by atoms with van der Waals surface area (Å²) >= 11 is 0. The summed E-state index contributed by atoms with van der Waals surface area (Å²) in [6, 6.07) is 8.80. The van der Waals surface area contributed by atoms with Crippen molar-refractivity contribution in [3.63, 3.8) is 0 Å². The van der Waals surface area contributed by atoms with Crippen molar-refractivity contribution in [3.05, 3.63) is 41.7 Å². The Morgan fingerprint density at radius 2 is 1.75 bits per heavy atom. The van der Waals surface area contributed by atoms with Crippen molar-refractivity contribution < 1.29 is 19.4 Å². The van der Waals surface area contributed by atoms with Crippen LogP contribution in [0.2, 0.25) is 0 Å². The highest BCUT2D eigenvalue weighted by atomic mass is 16.5. The molecule has 0 aliphatic heterocycles. The summed E-state index contributed by atoms with van der Waals surface area (Å²) in [5.41, 5.74) is 2.29. The van der Waals surface area contributed by atoms with Crippen LogP contribution in [0.15, 0.2) is 30.3 Å². The molecule has 0 aliphatic rings. The lowest BCUT2D eigenvalue weighted by atomic mass is 10.0. The third kappa shape index (κ3) is 2.71. The molecular weight excluding hydrogens is 258 g/mol. The molecule has 5 nitrogen and oxygen atoms in total. The van der Waals surface area contributed by atoms with Crippen LogP contribution in [-0.2, 0) is 0 Å². The maximum absolute atomic E-state index is 11.1. The van der Waals surface area contributed by atoms with Gasteiger partial charge in [-0.1, -0.05) is 6.07 Å². The van der Waals surface area contributed by atoms with Crippen LogP contribution in [0.3, 0.4) is 0 Å². The fraction of sp³-hybridized carbons (Fsp3) is 0.200. The van der Waals surface area contributed by atoms with Gasteiger partial charge in [-0.2, -0.15) is 0 Å². The lowest BCUT2D eigenvalue weighted by Crippen LogP contribution is -2.02. The van der Waals surface area contributed by atoms with Gasteiger partial charge in [0, 0.05) is 5.69 Å². The van der Waals surface area contributed by atoms with Crippen LogP contribution in [0.5, 0.6) is 11.5 Å². The van der Waals surface area contributed by atoms with Crippen LogP contribution in [-0.4, -0.2) is 30.3 Å². The fourth-order valence-corrected chi connectivity index (χ4v) is 1.96. The number of nitrogens with zero attached hydrogens (tertiary/aromatic N) is 1. The van der Waals surface area contributed by atoms with Gasteiger partial charge in [-0.25, -0.2) is 9.78 Å². The van der Waals surface area contributed by atoms with E-state index >= 15 is 0 Å². The zero-order valence-electron chi connectivity index (χ0n) is 11.5. The summed E-state index contributed by atoms with van der Waals surface area (Å²) in [5, 5.41) is 9.06. The second-order valence-electron chi connectivity index (χ2n) is 4.26. The van der Waals surface area contributed by atoms with Crippen LogP contribution >= 0.6 is 0 Å². The van der Waals surface area contributed by atoms with Gasteiger partial charge in [-0.15, -0.1) is 0 Å². The first kappa shape index (κ1) is 13.9. The number of hydrogen-bond acceptors (Lipinski definition) is 4. The molecule has 0 aliphatic carbocycles. The molecule has 1 heterocycles. The minimum absolute atomic E-state index is 0.0229. The Kier molecular flexibility index (Phi) is 3.89. The first-order valence-electron chi connectivity index (χ1n) is 5.99. The van der Waals surface area contributed by atoms with Gasteiger partial charge in [0.05, 0.1) is 14.2 Å². The number of aromatic carboxylic acids is 1. The van der Waals surface area contributed by atoms with Crippen molar-refractivity contribution in [2.75, 3.05) is 14.2 Å². The Balaban J connectivity index is 2.53. The number of aryl methyl sites for hydroxylation is 1. The summed E-state index contributed by atoms with van der Waals surface area (Å²) in [4.78, 5) is 15.0. The Labute approximate surface area is 116 Å². The summed E-state index contributed by atoms with van der Waals surface area (Å²) in [6.45, 7) is 1.76. The summed E-state index contributed by atoms with van der Waals surface area (Å²) in [7, 11) is 3.12. The van der Waals surface area contributed by atoms with E-state index in [0.717, 1.165) is 11.1 Å². The number of carbonyl (C=O) groups is 1. The number of aromatic nitrogens is 1. The highest BCUT2D eigenvalue weighted by Crippen LogP contribution is 2.32. The van der Waals surface area contributed by atoms with Gasteiger partial charge in [0.2, 0.25) is 0 Å². The summed E-state index contributed by atoms with van der Waals surface area (Å²) < 4.78 is 10.4. The molecule has 0 radical (unpaired) electrons. The SMILES string of the molecule is COc1ccc(-c2cc(C)nc(C(=O)O)c2)cc1OC. The van der Waals surface area contributed by atoms with E-state index in [9.17, 15) is 4.79 Å². The standard InChI is InChI=1S/C15H15NO4/c1-9-6-11(7-12(16-9)15(17)18)10-4-5-13(19-2)14(8-10)20-3/h4-8H,1-3H3,(H,17,18). The van der Waals surface area contributed by atoms with Gasteiger partial charge in [-0.3, -0.25) is 0 Å². The Morgan fingerprint density at radius 3 is 2.35 bits per heavy atom. The third-order valence-corrected chi connectivity index (χ3v) is 2.89. The lowest BCUT2D eigenvalue weighted by Gasteiger charge is -2.10. The van der Waals surface area contributed by atoms with E-state index < -0.39 is 5.97 Å². The number of carboxylic acids is 1. The van der Waals surface area contributed by atoms with E-state index in [0.29, 0.717) is 17.2 Å². The Bertz CT molecular complexity index is 652. The molecule has 0 unspecified atom stereocenters. The minimum Gasteiger partial charge on any atom is -0.493 e. The van der Waals surface area contributed by atoms with E-state index in [-0.39, 0.29) is 5.69 Å². The molecule has 0 saturated carbocycles. The minimum atomic E-state index is -1.05. The number of hydrogen-bond donors (Lipinski definition) is 1. The number of methoxy groups -OCH3 is 2. The van der Waals surface area contributed by atoms with Crippen LogP contribution < -0.4 is 9.47 Å². The molecule has 2 rings (SSSR count). The van der Waals surface area contributed by atoms with E-state index in [1.165, 1.54) is 6.07 Å². The number of carboxylic acid groups (broad SMARTS) is 1. The molecule has 0 fully saturated rings. The van der Waals surface area contributed by atoms with Crippen molar-refractivity contribution >= 4 is 5.97 Å². The maximum Gasteiger partial charge on any atom is 0.354 e. The van der Waals surface area contributed by atoms with Gasteiger partial charge in [0.15, 0.2) is 11.5 Å². The van der Waals surface area contributed by atoms with Gasteiger partial charge >= 0.3 is 5.97 Å². The number of rotatable bonds is 4. The van der Waals surface area contributed by atoms with Crippen molar-refractivity contribution in [2.24, 2.45) is 0 Å². The normalized spacial score (nSPS) is 10.2. The average molecular weight is 273 g/mol. The molecule has 1 N–H and O–H groups in total. The third-order valence-electron chi connectivity index (χ3n) is 2.89. The molecule has 104 valence electrons. The molecule has 0 saturated heterocycles. The molecule has 0 amide bonds. The first-order valence-corrected chi connectivity index (χ1v) is 5.99. The van der Waals surface area contributed by atoms with Gasteiger partial charge < -0.3 is 14.6 Å². The van der Waals surface area contributed by atoms with Gasteiger partial charge in [0.25, 0.3) is 0 Å². The summed E-state index contributed by atoms with van der Waals surface area (Å²) in [5.74, 6) is 0.173. The quantitative estimate of drug-likeness (QED) is 0.927. The predicted molar refractivity (Wildman–Crippen MR) is 74.5 cm³/mol. The summed E-state index contributed by atoms with van der Waals surface area (Å²) in [6.07, 6.45) is 0. The molecule has 20 heavy (non-hydrogen) atoms. The van der Waals surface area contributed by atoms with Crippen molar-refractivity contribution in [2.45, 2.75) is 6.92 Å². The second-order valence-corrected chi connectivity index (χ2v) is 4.26. The van der Waals surface area contributed by atoms with E-state index in [1.807, 2.05) is 12.1 Å². The van der Waals surface area contributed by atoms with Crippen molar-refractivity contribution in [3.8, 4) is 22.6 Å². The van der Waals surface area contributed by atoms with Crippen LogP contribution in [0.25, 0.3) is 11.1 Å². The highest BCUT2D eigenvalue weighted by Gasteiger charge is 2.11. The van der Waals surface area contributed by atoms with Crippen LogP contribution in [0.4, 0.5) is 0 Å². The fourth-order valence-electron chi connectivity index (χ4n) is 1.96. The Morgan fingerprint density at radius 1 is 1.05 bits per heavy atom.